The van der Waals surface area contributed by atoms with E-state index in [0.717, 1.165) is 11.6 Å². The number of nitrogens with one attached hydrogen (secondary N) is 1. The Morgan fingerprint density at radius 3 is 2.55 bits per heavy atom. The second-order valence-corrected chi connectivity index (χ2v) is 4.36. The molecule has 0 bridgehead atoms. The Bertz CT molecular complexity index is 602. The lowest BCUT2D eigenvalue weighted by Gasteiger charge is -2.16. The average molecular weight is 274 g/mol. The number of nitrogen functional groups attached to an aromatic ring is 1. The highest BCUT2D eigenvalue weighted by molar-refractivity contribution is 5.94. The minimum Gasteiger partial charge on any atom is -0.396 e. The standard InChI is InChI=1S/C15H15FN2O2/c16-12-8-11(6-7-13(12)17)15(20)18-14(9-19)10-4-2-1-3-5-10/h1-8,14,19H,9,17H2,(H,18,20)/t14-/m1/s1. The number of carbonyl (C=O) groups is 1. The smallest absolute Gasteiger partial charge is 0.251 e. The van der Waals surface area contributed by atoms with Crippen molar-refractivity contribution in [3.8, 4) is 0 Å². The molecule has 0 heterocycles. The summed E-state index contributed by atoms with van der Waals surface area (Å²) in [6.07, 6.45) is 0. The number of hydrogen-bond donors (Lipinski definition) is 3. The average Bonchev–Trinajstić information content (AvgIpc) is 2.48. The Kier molecular flexibility index (Phi) is 4.32. The van der Waals surface area contributed by atoms with Crippen molar-refractivity contribution in [2.75, 3.05) is 12.3 Å². The van der Waals surface area contributed by atoms with E-state index in [1.54, 1.807) is 12.1 Å². The van der Waals surface area contributed by atoms with E-state index in [0.29, 0.717) is 0 Å². The maximum absolute atomic E-state index is 13.3. The molecule has 4 nitrogen and oxygen atoms in total. The highest BCUT2D eigenvalue weighted by atomic mass is 19.1. The Balaban J connectivity index is 2.15. The molecule has 0 saturated heterocycles. The number of hydrogen-bond acceptors (Lipinski definition) is 3. The first-order valence-electron chi connectivity index (χ1n) is 6.13. The third kappa shape index (κ3) is 3.13. The number of rotatable bonds is 4. The zero-order valence-corrected chi connectivity index (χ0v) is 10.7. The summed E-state index contributed by atoms with van der Waals surface area (Å²) >= 11 is 0. The van der Waals surface area contributed by atoms with Crippen LogP contribution in [0, 0.1) is 5.82 Å². The van der Waals surface area contributed by atoms with Gasteiger partial charge in [0.05, 0.1) is 18.3 Å². The summed E-state index contributed by atoms with van der Waals surface area (Å²) in [5.41, 5.74) is 6.29. The predicted molar refractivity (Wildman–Crippen MR) is 74.5 cm³/mol. The van der Waals surface area contributed by atoms with Crippen LogP contribution in [-0.2, 0) is 0 Å². The molecule has 2 aromatic rings. The molecule has 0 aliphatic carbocycles. The molecule has 20 heavy (non-hydrogen) atoms. The highest BCUT2D eigenvalue weighted by Crippen LogP contribution is 2.15. The van der Waals surface area contributed by atoms with Crippen LogP contribution in [0.15, 0.2) is 48.5 Å². The largest absolute Gasteiger partial charge is 0.396 e. The van der Waals surface area contributed by atoms with Crippen molar-refractivity contribution >= 4 is 11.6 Å². The first-order chi connectivity index (χ1) is 9.61. The number of amides is 1. The van der Waals surface area contributed by atoms with E-state index in [2.05, 4.69) is 5.32 Å². The van der Waals surface area contributed by atoms with Gasteiger partial charge in [-0.1, -0.05) is 30.3 Å². The Morgan fingerprint density at radius 2 is 1.95 bits per heavy atom. The van der Waals surface area contributed by atoms with Gasteiger partial charge in [0.1, 0.15) is 5.82 Å². The zero-order valence-electron chi connectivity index (χ0n) is 10.7. The summed E-state index contributed by atoms with van der Waals surface area (Å²) in [7, 11) is 0. The number of aliphatic hydroxyl groups is 1. The lowest BCUT2D eigenvalue weighted by molar-refractivity contribution is 0.0916. The summed E-state index contributed by atoms with van der Waals surface area (Å²) in [6, 6.07) is 12.4. The van der Waals surface area contributed by atoms with Gasteiger partial charge in [0.15, 0.2) is 0 Å². The molecule has 5 heteroatoms. The van der Waals surface area contributed by atoms with Gasteiger partial charge in [-0.25, -0.2) is 4.39 Å². The fourth-order valence-electron chi connectivity index (χ4n) is 1.83. The zero-order chi connectivity index (χ0) is 14.5. The lowest BCUT2D eigenvalue weighted by Crippen LogP contribution is -2.30. The van der Waals surface area contributed by atoms with Gasteiger partial charge in [0.2, 0.25) is 0 Å². The van der Waals surface area contributed by atoms with Crippen molar-refractivity contribution in [3.63, 3.8) is 0 Å². The van der Waals surface area contributed by atoms with Gasteiger partial charge >= 0.3 is 0 Å². The topological polar surface area (TPSA) is 75.4 Å². The van der Waals surface area contributed by atoms with E-state index in [9.17, 15) is 14.3 Å². The maximum Gasteiger partial charge on any atom is 0.251 e. The molecule has 0 fully saturated rings. The van der Waals surface area contributed by atoms with Gasteiger partial charge in [-0.05, 0) is 23.8 Å². The normalized spacial score (nSPS) is 11.9. The second kappa shape index (κ2) is 6.16. The fourth-order valence-corrected chi connectivity index (χ4v) is 1.83. The van der Waals surface area contributed by atoms with Gasteiger partial charge in [-0.3, -0.25) is 4.79 Å². The molecular formula is C15H15FN2O2. The number of carbonyl (C=O) groups excluding carboxylic acids is 1. The highest BCUT2D eigenvalue weighted by Gasteiger charge is 2.15. The summed E-state index contributed by atoms with van der Waals surface area (Å²) < 4.78 is 13.3. The van der Waals surface area contributed by atoms with Crippen LogP contribution in [0.5, 0.6) is 0 Å². The van der Waals surface area contributed by atoms with Crippen LogP contribution in [0.1, 0.15) is 22.0 Å². The van der Waals surface area contributed by atoms with Crippen molar-refractivity contribution < 1.29 is 14.3 Å². The van der Waals surface area contributed by atoms with Crippen LogP contribution < -0.4 is 11.1 Å². The van der Waals surface area contributed by atoms with E-state index in [-0.39, 0.29) is 17.9 Å². The summed E-state index contributed by atoms with van der Waals surface area (Å²) in [5, 5.41) is 12.0. The Labute approximate surface area is 116 Å². The number of nitrogens with two attached hydrogens (primary N) is 1. The molecule has 0 aliphatic heterocycles. The summed E-state index contributed by atoms with van der Waals surface area (Å²) in [4.78, 5) is 12.0. The third-order valence-corrected chi connectivity index (χ3v) is 2.95. The minimum atomic E-state index is -0.641. The Hall–Kier alpha value is -2.40. The molecule has 0 aliphatic rings. The van der Waals surface area contributed by atoms with Crippen molar-refractivity contribution in [3.05, 3.63) is 65.5 Å². The van der Waals surface area contributed by atoms with Crippen molar-refractivity contribution in [2.24, 2.45) is 0 Å². The monoisotopic (exact) mass is 274 g/mol. The van der Waals surface area contributed by atoms with Crippen LogP contribution in [0.3, 0.4) is 0 Å². The molecule has 0 unspecified atom stereocenters. The van der Waals surface area contributed by atoms with Crippen LogP contribution in [0.2, 0.25) is 0 Å². The van der Waals surface area contributed by atoms with Crippen LogP contribution >= 0.6 is 0 Å². The molecule has 0 radical (unpaired) electrons. The molecule has 2 aromatic carbocycles. The second-order valence-electron chi connectivity index (χ2n) is 4.36. The number of benzene rings is 2. The number of aliphatic hydroxyl groups excluding tert-OH is 1. The van der Waals surface area contributed by atoms with Crippen molar-refractivity contribution in [1.29, 1.82) is 0 Å². The molecule has 2 rings (SSSR count). The first kappa shape index (κ1) is 14.0. The molecule has 1 amide bonds. The number of halogens is 1. The van der Waals surface area contributed by atoms with Crippen LogP contribution in [-0.4, -0.2) is 17.6 Å². The Morgan fingerprint density at radius 1 is 1.25 bits per heavy atom. The quantitative estimate of drug-likeness (QED) is 0.745. The maximum atomic E-state index is 13.3. The van der Waals surface area contributed by atoms with Gasteiger partial charge in [-0.2, -0.15) is 0 Å². The van der Waals surface area contributed by atoms with E-state index < -0.39 is 17.8 Å². The van der Waals surface area contributed by atoms with Crippen molar-refractivity contribution in [2.45, 2.75) is 6.04 Å². The molecule has 1 atom stereocenters. The van der Waals surface area contributed by atoms with E-state index in [1.165, 1.54) is 12.1 Å². The van der Waals surface area contributed by atoms with Gasteiger partial charge in [0, 0.05) is 5.56 Å². The molecule has 0 spiro atoms. The van der Waals surface area contributed by atoms with Crippen LogP contribution in [0.4, 0.5) is 10.1 Å². The van der Waals surface area contributed by atoms with E-state index >= 15 is 0 Å². The molecule has 0 aromatic heterocycles. The minimum absolute atomic E-state index is 0.0108. The SMILES string of the molecule is Nc1ccc(C(=O)N[C@H](CO)c2ccccc2)cc1F. The molecular weight excluding hydrogens is 259 g/mol. The van der Waals surface area contributed by atoms with Gasteiger partial charge in [0.25, 0.3) is 5.91 Å². The summed E-state index contributed by atoms with van der Waals surface area (Å²) in [5.74, 6) is -1.11. The lowest BCUT2D eigenvalue weighted by atomic mass is 10.1. The van der Waals surface area contributed by atoms with Crippen molar-refractivity contribution in [1.82, 2.24) is 5.32 Å². The predicted octanol–water partition coefficient (Wildman–Crippen LogP) is 1.87. The van der Waals surface area contributed by atoms with Gasteiger partial charge in [-0.15, -0.1) is 0 Å². The first-order valence-corrected chi connectivity index (χ1v) is 6.13. The van der Waals surface area contributed by atoms with E-state index in [1.807, 2.05) is 18.2 Å². The fraction of sp³-hybridized carbons (Fsp3) is 0.133. The molecule has 4 N–H and O–H groups in total. The third-order valence-electron chi connectivity index (χ3n) is 2.95. The van der Waals surface area contributed by atoms with E-state index in [4.69, 9.17) is 5.73 Å². The van der Waals surface area contributed by atoms with Gasteiger partial charge < -0.3 is 16.2 Å². The number of anilines is 1. The molecule has 0 saturated carbocycles. The summed E-state index contributed by atoms with van der Waals surface area (Å²) in [6.45, 7) is -0.243. The van der Waals surface area contributed by atoms with Crippen LogP contribution in [0.25, 0.3) is 0 Å². The molecule has 104 valence electrons.